The van der Waals surface area contributed by atoms with E-state index in [1.807, 2.05) is 13.8 Å². The summed E-state index contributed by atoms with van der Waals surface area (Å²) in [6, 6.07) is 0. The Balaban J connectivity index is 1.92. The van der Waals surface area contributed by atoms with Gasteiger partial charge in [0.2, 0.25) is 5.89 Å². The lowest BCUT2D eigenvalue weighted by Gasteiger charge is -2.40. The minimum absolute atomic E-state index is 0.0731. The molecule has 15 heavy (non-hydrogen) atoms. The average molecular weight is 210 g/mol. The zero-order valence-electron chi connectivity index (χ0n) is 9.34. The standard InChI is InChI=1S/C11H18N2O2/c1-8-9(2)15-10(13-8)6-12-11(7-14)4-3-5-11/h12,14H,3-7H2,1-2H3. The van der Waals surface area contributed by atoms with Gasteiger partial charge in [-0.05, 0) is 33.1 Å². The van der Waals surface area contributed by atoms with Gasteiger partial charge in [-0.2, -0.15) is 0 Å². The minimum Gasteiger partial charge on any atom is -0.444 e. The normalized spacial score (nSPS) is 18.9. The van der Waals surface area contributed by atoms with Crippen LogP contribution in [-0.2, 0) is 6.54 Å². The summed E-state index contributed by atoms with van der Waals surface area (Å²) in [7, 11) is 0. The fraction of sp³-hybridized carbons (Fsp3) is 0.727. The second-order valence-electron chi connectivity index (χ2n) is 4.39. The summed E-state index contributed by atoms with van der Waals surface area (Å²) in [5.41, 5.74) is 0.870. The largest absolute Gasteiger partial charge is 0.444 e. The van der Waals surface area contributed by atoms with E-state index in [9.17, 15) is 5.11 Å². The van der Waals surface area contributed by atoms with E-state index in [1.54, 1.807) is 0 Å². The molecule has 1 aromatic rings. The quantitative estimate of drug-likeness (QED) is 0.786. The maximum atomic E-state index is 9.26. The van der Waals surface area contributed by atoms with Crippen LogP contribution in [0, 0.1) is 13.8 Å². The van der Waals surface area contributed by atoms with Gasteiger partial charge in [-0.1, -0.05) is 0 Å². The van der Waals surface area contributed by atoms with Gasteiger partial charge in [0, 0.05) is 5.54 Å². The first-order valence-electron chi connectivity index (χ1n) is 5.44. The van der Waals surface area contributed by atoms with Gasteiger partial charge in [0.25, 0.3) is 0 Å². The molecule has 0 amide bonds. The molecular weight excluding hydrogens is 192 g/mol. The Morgan fingerprint density at radius 3 is 2.60 bits per heavy atom. The van der Waals surface area contributed by atoms with Gasteiger partial charge in [0.05, 0.1) is 18.8 Å². The highest BCUT2D eigenvalue weighted by molar-refractivity contribution is 5.06. The molecule has 2 rings (SSSR count). The lowest BCUT2D eigenvalue weighted by atomic mass is 9.77. The molecule has 1 aliphatic rings. The van der Waals surface area contributed by atoms with E-state index in [4.69, 9.17) is 4.42 Å². The second-order valence-corrected chi connectivity index (χ2v) is 4.39. The first kappa shape index (κ1) is 10.6. The van der Waals surface area contributed by atoms with Crippen LogP contribution in [0.1, 0.15) is 36.6 Å². The van der Waals surface area contributed by atoms with Crippen molar-refractivity contribution in [3.05, 3.63) is 17.3 Å². The topological polar surface area (TPSA) is 58.3 Å². The summed E-state index contributed by atoms with van der Waals surface area (Å²) in [6.07, 6.45) is 3.28. The zero-order valence-corrected chi connectivity index (χ0v) is 9.34. The highest BCUT2D eigenvalue weighted by atomic mass is 16.4. The van der Waals surface area contributed by atoms with Gasteiger partial charge in [-0.3, -0.25) is 0 Å². The number of nitrogens with one attached hydrogen (secondary N) is 1. The van der Waals surface area contributed by atoms with Crippen molar-refractivity contribution >= 4 is 0 Å². The number of rotatable bonds is 4. The summed E-state index contributed by atoms with van der Waals surface area (Å²) in [5, 5.41) is 12.6. The third kappa shape index (κ3) is 2.06. The minimum atomic E-state index is -0.0731. The Morgan fingerprint density at radius 2 is 2.20 bits per heavy atom. The summed E-state index contributed by atoms with van der Waals surface area (Å²) >= 11 is 0. The first-order chi connectivity index (χ1) is 7.15. The molecule has 0 unspecified atom stereocenters. The van der Waals surface area contributed by atoms with Crippen LogP contribution >= 0.6 is 0 Å². The second kappa shape index (κ2) is 3.94. The molecular formula is C11H18N2O2. The fourth-order valence-electron chi connectivity index (χ4n) is 1.87. The van der Waals surface area contributed by atoms with Crippen LogP contribution < -0.4 is 5.32 Å². The van der Waals surface area contributed by atoms with Crippen LogP contribution in [0.15, 0.2) is 4.42 Å². The molecule has 0 atom stereocenters. The Kier molecular flexibility index (Phi) is 2.80. The van der Waals surface area contributed by atoms with Crippen LogP contribution in [0.3, 0.4) is 0 Å². The van der Waals surface area contributed by atoms with Gasteiger partial charge in [-0.15, -0.1) is 0 Å². The summed E-state index contributed by atoms with van der Waals surface area (Å²) in [6.45, 7) is 4.66. The third-order valence-corrected chi connectivity index (χ3v) is 3.30. The molecule has 0 spiro atoms. The molecule has 1 fully saturated rings. The van der Waals surface area contributed by atoms with Crippen molar-refractivity contribution in [1.82, 2.24) is 10.3 Å². The first-order valence-corrected chi connectivity index (χ1v) is 5.44. The number of aryl methyl sites for hydroxylation is 2. The number of aromatic nitrogens is 1. The number of aliphatic hydroxyl groups is 1. The van der Waals surface area contributed by atoms with Crippen molar-refractivity contribution in [2.45, 2.75) is 45.2 Å². The Bertz CT molecular complexity index is 317. The molecule has 1 aliphatic carbocycles. The molecule has 2 N–H and O–H groups in total. The van der Waals surface area contributed by atoms with Crippen LogP contribution in [0.5, 0.6) is 0 Å². The number of oxazole rings is 1. The molecule has 1 aromatic heterocycles. The van der Waals surface area contributed by atoms with Gasteiger partial charge in [0.15, 0.2) is 0 Å². The number of nitrogens with zero attached hydrogens (tertiary/aromatic N) is 1. The van der Waals surface area contributed by atoms with E-state index in [0.29, 0.717) is 12.4 Å². The molecule has 0 bridgehead atoms. The maximum absolute atomic E-state index is 9.26. The van der Waals surface area contributed by atoms with Crippen LogP contribution in [0.4, 0.5) is 0 Å². The van der Waals surface area contributed by atoms with Crippen molar-refractivity contribution in [3.8, 4) is 0 Å². The highest BCUT2D eigenvalue weighted by Crippen LogP contribution is 2.31. The lowest BCUT2D eigenvalue weighted by Crippen LogP contribution is -2.53. The summed E-state index contributed by atoms with van der Waals surface area (Å²) < 4.78 is 5.47. The van der Waals surface area contributed by atoms with Crippen LogP contribution in [0.2, 0.25) is 0 Å². The molecule has 0 aromatic carbocycles. The predicted molar refractivity (Wildman–Crippen MR) is 56.5 cm³/mol. The maximum Gasteiger partial charge on any atom is 0.208 e. The van der Waals surface area contributed by atoms with E-state index < -0.39 is 0 Å². The van der Waals surface area contributed by atoms with E-state index in [1.165, 1.54) is 6.42 Å². The van der Waals surface area contributed by atoms with E-state index in [0.717, 1.165) is 24.3 Å². The van der Waals surface area contributed by atoms with Gasteiger partial charge < -0.3 is 14.8 Å². The third-order valence-electron chi connectivity index (χ3n) is 3.30. The SMILES string of the molecule is Cc1nc(CNC2(CO)CCC2)oc1C. The average Bonchev–Trinajstić information content (AvgIpc) is 2.45. The smallest absolute Gasteiger partial charge is 0.208 e. The van der Waals surface area contributed by atoms with E-state index in [-0.39, 0.29) is 12.1 Å². The van der Waals surface area contributed by atoms with Crippen molar-refractivity contribution < 1.29 is 9.52 Å². The molecule has 1 saturated carbocycles. The van der Waals surface area contributed by atoms with Crippen LogP contribution in [0.25, 0.3) is 0 Å². The van der Waals surface area contributed by atoms with Gasteiger partial charge in [0.1, 0.15) is 5.76 Å². The van der Waals surface area contributed by atoms with Crippen LogP contribution in [-0.4, -0.2) is 22.2 Å². The fourth-order valence-corrected chi connectivity index (χ4v) is 1.87. The molecule has 0 radical (unpaired) electrons. The Morgan fingerprint density at radius 1 is 1.47 bits per heavy atom. The Labute approximate surface area is 89.7 Å². The van der Waals surface area contributed by atoms with Crippen molar-refractivity contribution in [2.24, 2.45) is 0 Å². The predicted octanol–water partition coefficient (Wildman–Crippen LogP) is 1.30. The van der Waals surface area contributed by atoms with Crippen molar-refractivity contribution in [2.75, 3.05) is 6.61 Å². The summed E-state index contributed by atoms with van der Waals surface area (Å²) in [5.74, 6) is 1.59. The Hall–Kier alpha value is -0.870. The lowest BCUT2D eigenvalue weighted by molar-refractivity contribution is 0.0847. The van der Waals surface area contributed by atoms with Gasteiger partial charge >= 0.3 is 0 Å². The van der Waals surface area contributed by atoms with Gasteiger partial charge in [-0.25, -0.2) is 4.98 Å². The summed E-state index contributed by atoms with van der Waals surface area (Å²) in [4.78, 5) is 4.30. The molecule has 84 valence electrons. The van der Waals surface area contributed by atoms with Crippen molar-refractivity contribution in [3.63, 3.8) is 0 Å². The molecule has 1 heterocycles. The highest BCUT2D eigenvalue weighted by Gasteiger charge is 2.35. The zero-order chi connectivity index (χ0) is 10.9. The van der Waals surface area contributed by atoms with E-state index >= 15 is 0 Å². The molecule has 4 heteroatoms. The molecule has 0 saturated heterocycles. The van der Waals surface area contributed by atoms with E-state index in [2.05, 4.69) is 10.3 Å². The van der Waals surface area contributed by atoms with Crippen molar-refractivity contribution in [1.29, 1.82) is 0 Å². The number of hydrogen-bond acceptors (Lipinski definition) is 4. The molecule has 4 nitrogen and oxygen atoms in total. The number of hydrogen-bond donors (Lipinski definition) is 2. The number of aliphatic hydroxyl groups excluding tert-OH is 1. The monoisotopic (exact) mass is 210 g/mol. The molecule has 0 aliphatic heterocycles.